The van der Waals surface area contributed by atoms with E-state index in [0.29, 0.717) is 12.0 Å². The lowest BCUT2D eigenvalue weighted by Crippen LogP contribution is -2.25. The molecule has 3 nitrogen and oxygen atoms in total. The van der Waals surface area contributed by atoms with Gasteiger partial charge in [-0.3, -0.25) is 4.98 Å². The normalized spacial score (nSPS) is 22.1. The Balaban J connectivity index is 1.93. The van der Waals surface area contributed by atoms with Crippen LogP contribution in [0.5, 0.6) is 0 Å². The summed E-state index contributed by atoms with van der Waals surface area (Å²) in [7, 11) is 2.02. The molecule has 1 aliphatic heterocycles. The van der Waals surface area contributed by atoms with Gasteiger partial charge < -0.3 is 10.1 Å². The van der Waals surface area contributed by atoms with E-state index < -0.39 is 0 Å². The molecule has 0 radical (unpaired) electrons. The second-order valence-electron chi connectivity index (χ2n) is 4.46. The Morgan fingerprint density at radius 2 is 2.53 bits per heavy atom. The van der Waals surface area contributed by atoms with Crippen molar-refractivity contribution in [2.24, 2.45) is 5.92 Å². The summed E-state index contributed by atoms with van der Waals surface area (Å²) < 4.78 is 6.74. The fraction of sp³-hybridized carbons (Fsp3) is 0.462. The molecule has 17 heavy (non-hydrogen) atoms. The first-order valence-corrected chi connectivity index (χ1v) is 6.84. The third-order valence-corrected chi connectivity index (χ3v) is 4.28. The number of nitrogens with one attached hydrogen (secondary N) is 1. The zero-order valence-electron chi connectivity index (χ0n) is 9.85. The number of hydrogen-bond donors (Lipinski definition) is 1. The van der Waals surface area contributed by atoms with E-state index in [0.717, 1.165) is 25.2 Å². The third kappa shape index (κ3) is 2.08. The van der Waals surface area contributed by atoms with Crippen molar-refractivity contribution in [2.75, 3.05) is 20.3 Å². The Hall–Kier alpha value is -0.970. The molecule has 1 N–H and O–H groups in total. The van der Waals surface area contributed by atoms with Crippen LogP contribution in [0.3, 0.4) is 0 Å². The summed E-state index contributed by atoms with van der Waals surface area (Å²) in [6, 6.07) is 4.68. The summed E-state index contributed by atoms with van der Waals surface area (Å²) >= 11 is 1.75. The quantitative estimate of drug-likeness (QED) is 0.906. The Labute approximate surface area is 105 Å². The third-order valence-electron chi connectivity index (χ3n) is 3.43. The number of fused-ring (bicyclic) bond motifs is 1. The van der Waals surface area contributed by atoms with Gasteiger partial charge in [-0.25, -0.2) is 0 Å². The van der Waals surface area contributed by atoms with E-state index in [9.17, 15) is 0 Å². The highest BCUT2D eigenvalue weighted by Crippen LogP contribution is 2.30. The average molecular weight is 248 g/mol. The van der Waals surface area contributed by atoms with Crippen LogP contribution >= 0.6 is 11.3 Å². The van der Waals surface area contributed by atoms with Crippen LogP contribution in [0.25, 0.3) is 10.2 Å². The van der Waals surface area contributed by atoms with Crippen LogP contribution in [0.4, 0.5) is 0 Å². The summed E-state index contributed by atoms with van der Waals surface area (Å²) in [5.74, 6) is 0.569. The summed E-state index contributed by atoms with van der Waals surface area (Å²) in [5.41, 5.74) is 2.37. The Morgan fingerprint density at radius 3 is 3.29 bits per heavy atom. The van der Waals surface area contributed by atoms with Gasteiger partial charge in [0.05, 0.1) is 16.8 Å². The van der Waals surface area contributed by atoms with Crippen molar-refractivity contribution in [3.63, 3.8) is 0 Å². The Kier molecular flexibility index (Phi) is 3.09. The molecule has 2 aromatic rings. The van der Waals surface area contributed by atoms with Gasteiger partial charge in [0.2, 0.25) is 0 Å². The van der Waals surface area contributed by atoms with Crippen LogP contribution in [0, 0.1) is 5.92 Å². The molecule has 1 saturated heterocycles. The lowest BCUT2D eigenvalue weighted by molar-refractivity contribution is 0.178. The maximum atomic E-state index is 5.48. The van der Waals surface area contributed by atoms with Gasteiger partial charge in [-0.05, 0) is 36.5 Å². The van der Waals surface area contributed by atoms with Crippen molar-refractivity contribution in [3.8, 4) is 0 Å². The molecule has 0 aromatic carbocycles. The maximum Gasteiger partial charge on any atom is 0.0809 e. The van der Waals surface area contributed by atoms with Crippen molar-refractivity contribution < 1.29 is 4.74 Å². The summed E-state index contributed by atoms with van der Waals surface area (Å²) in [6.45, 7) is 1.74. The largest absolute Gasteiger partial charge is 0.381 e. The minimum atomic E-state index is 0.358. The molecule has 4 heteroatoms. The highest BCUT2D eigenvalue weighted by atomic mass is 32.1. The molecule has 0 amide bonds. The van der Waals surface area contributed by atoms with Gasteiger partial charge in [0.1, 0.15) is 0 Å². The number of thiophene rings is 1. The highest BCUT2D eigenvalue weighted by Gasteiger charge is 2.26. The molecule has 0 saturated carbocycles. The number of ether oxygens (including phenoxy) is 1. The predicted molar refractivity (Wildman–Crippen MR) is 70.3 cm³/mol. The average Bonchev–Trinajstić information content (AvgIpc) is 2.99. The van der Waals surface area contributed by atoms with E-state index in [4.69, 9.17) is 4.74 Å². The molecular weight excluding hydrogens is 232 g/mol. The van der Waals surface area contributed by atoms with E-state index in [-0.39, 0.29) is 0 Å². The molecule has 1 aliphatic rings. The molecule has 1 fully saturated rings. The van der Waals surface area contributed by atoms with Crippen molar-refractivity contribution in [1.29, 1.82) is 0 Å². The SMILES string of the molecule is CNC(c1cnc2ccsc2c1)C1CCOC1. The lowest BCUT2D eigenvalue weighted by atomic mass is 9.93. The first kappa shape index (κ1) is 11.1. The summed E-state index contributed by atoms with van der Waals surface area (Å²) in [4.78, 5) is 4.51. The number of pyridine rings is 1. The van der Waals surface area contributed by atoms with Crippen LogP contribution in [0.1, 0.15) is 18.0 Å². The topological polar surface area (TPSA) is 34.2 Å². The van der Waals surface area contributed by atoms with Crippen LogP contribution in [0.15, 0.2) is 23.7 Å². The first-order valence-electron chi connectivity index (χ1n) is 5.96. The van der Waals surface area contributed by atoms with E-state index >= 15 is 0 Å². The molecular formula is C13H16N2OS. The highest BCUT2D eigenvalue weighted by molar-refractivity contribution is 7.17. The zero-order chi connectivity index (χ0) is 11.7. The summed E-state index contributed by atoms with van der Waals surface area (Å²) in [5, 5.41) is 5.49. The van der Waals surface area contributed by atoms with Crippen LogP contribution in [0.2, 0.25) is 0 Å². The van der Waals surface area contributed by atoms with Crippen LogP contribution in [-0.2, 0) is 4.74 Å². The smallest absolute Gasteiger partial charge is 0.0809 e. The first-order chi connectivity index (χ1) is 8.38. The van der Waals surface area contributed by atoms with E-state index in [1.54, 1.807) is 11.3 Å². The molecule has 0 aliphatic carbocycles. The number of nitrogens with zero attached hydrogens (tertiary/aromatic N) is 1. The molecule has 2 unspecified atom stereocenters. The number of hydrogen-bond acceptors (Lipinski definition) is 4. The predicted octanol–water partition coefficient (Wildman–Crippen LogP) is 2.59. The Bertz CT molecular complexity index is 505. The molecule has 90 valence electrons. The number of aromatic nitrogens is 1. The molecule has 3 heterocycles. The van der Waals surface area contributed by atoms with E-state index in [1.165, 1.54) is 10.3 Å². The van der Waals surface area contributed by atoms with E-state index in [1.807, 2.05) is 13.2 Å². The molecule has 2 aromatic heterocycles. The Morgan fingerprint density at radius 1 is 1.59 bits per heavy atom. The fourth-order valence-corrected chi connectivity index (χ4v) is 3.31. The molecule has 3 rings (SSSR count). The standard InChI is InChI=1S/C13H16N2OS/c1-14-13(9-2-4-16-8-9)10-6-12-11(15-7-10)3-5-17-12/h3,5-7,9,13-14H,2,4,8H2,1H3. The lowest BCUT2D eigenvalue weighted by Gasteiger charge is -2.21. The second-order valence-corrected chi connectivity index (χ2v) is 5.41. The fourth-order valence-electron chi connectivity index (χ4n) is 2.52. The maximum absolute atomic E-state index is 5.48. The number of rotatable bonds is 3. The van der Waals surface area contributed by atoms with Crippen LogP contribution < -0.4 is 5.32 Å². The minimum absolute atomic E-state index is 0.358. The van der Waals surface area contributed by atoms with Gasteiger partial charge in [0.25, 0.3) is 0 Å². The second kappa shape index (κ2) is 4.72. The van der Waals surface area contributed by atoms with Gasteiger partial charge in [0, 0.05) is 24.8 Å². The molecule has 2 atom stereocenters. The monoisotopic (exact) mass is 248 g/mol. The van der Waals surface area contributed by atoms with Gasteiger partial charge in [-0.2, -0.15) is 0 Å². The zero-order valence-corrected chi connectivity index (χ0v) is 10.7. The van der Waals surface area contributed by atoms with Crippen LogP contribution in [-0.4, -0.2) is 25.2 Å². The van der Waals surface area contributed by atoms with Gasteiger partial charge in [0.15, 0.2) is 0 Å². The van der Waals surface area contributed by atoms with Gasteiger partial charge in [-0.15, -0.1) is 11.3 Å². The van der Waals surface area contributed by atoms with Crippen molar-refractivity contribution in [3.05, 3.63) is 29.3 Å². The summed E-state index contributed by atoms with van der Waals surface area (Å²) in [6.07, 6.45) is 3.13. The molecule has 0 bridgehead atoms. The van der Waals surface area contributed by atoms with Gasteiger partial charge in [-0.1, -0.05) is 0 Å². The van der Waals surface area contributed by atoms with E-state index in [2.05, 4.69) is 27.8 Å². The minimum Gasteiger partial charge on any atom is -0.381 e. The van der Waals surface area contributed by atoms with Crippen molar-refractivity contribution in [2.45, 2.75) is 12.5 Å². The molecule has 0 spiro atoms. The van der Waals surface area contributed by atoms with Crippen molar-refractivity contribution >= 4 is 21.6 Å². The van der Waals surface area contributed by atoms with Gasteiger partial charge >= 0.3 is 0 Å². The van der Waals surface area contributed by atoms with Crippen molar-refractivity contribution in [1.82, 2.24) is 10.3 Å².